The predicted molar refractivity (Wildman–Crippen MR) is 103 cm³/mol. The van der Waals surface area contributed by atoms with Crippen molar-refractivity contribution in [2.24, 2.45) is 5.92 Å². The van der Waals surface area contributed by atoms with E-state index in [0.29, 0.717) is 5.92 Å². The first-order valence-corrected chi connectivity index (χ1v) is 9.64. The van der Waals surface area contributed by atoms with Crippen LogP contribution in [0.25, 0.3) is 0 Å². The second-order valence-corrected chi connectivity index (χ2v) is 6.96. The quantitative estimate of drug-likeness (QED) is 0.747. The van der Waals surface area contributed by atoms with Crippen LogP contribution >= 0.6 is 0 Å². The molecule has 4 nitrogen and oxygen atoms in total. The zero-order valence-electron chi connectivity index (χ0n) is 15.5. The predicted octanol–water partition coefficient (Wildman–Crippen LogP) is 4.28. The lowest BCUT2D eigenvalue weighted by atomic mass is 9.90. The van der Waals surface area contributed by atoms with Gasteiger partial charge in [-0.1, -0.05) is 37.3 Å². The van der Waals surface area contributed by atoms with E-state index in [2.05, 4.69) is 28.9 Å². The van der Waals surface area contributed by atoms with Crippen molar-refractivity contribution in [1.82, 2.24) is 9.88 Å². The van der Waals surface area contributed by atoms with E-state index in [1.54, 1.807) is 12.4 Å². The molecule has 2 aromatic rings. The van der Waals surface area contributed by atoms with Gasteiger partial charge in [0, 0.05) is 25.5 Å². The number of rotatable bonds is 7. The van der Waals surface area contributed by atoms with Crippen LogP contribution in [0.1, 0.15) is 44.1 Å². The topological polar surface area (TPSA) is 42.4 Å². The zero-order valence-corrected chi connectivity index (χ0v) is 15.5. The Labute approximate surface area is 156 Å². The average molecular weight is 352 g/mol. The third-order valence-corrected chi connectivity index (χ3v) is 5.28. The highest BCUT2D eigenvalue weighted by atomic mass is 16.5. The summed E-state index contributed by atoms with van der Waals surface area (Å²) in [5.41, 5.74) is 1.13. The number of carbonyl (C=O) groups excluding carboxylic acids is 1. The van der Waals surface area contributed by atoms with Crippen LogP contribution in [-0.4, -0.2) is 35.5 Å². The van der Waals surface area contributed by atoms with Crippen molar-refractivity contribution in [1.29, 1.82) is 0 Å². The number of ether oxygens (including phenoxy) is 1. The first-order valence-electron chi connectivity index (χ1n) is 9.64. The van der Waals surface area contributed by atoms with Crippen LogP contribution in [0, 0.1) is 5.92 Å². The van der Waals surface area contributed by atoms with Crippen molar-refractivity contribution in [3.8, 4) is 5.75 Å². The molecule has 0 bridgehead atoms. The van der Waals surface area contributed by atoms with Crippen LogP contribution in [-0.2, 0) is 4.79 Å². The third kappa shape index (κ3) is 4.84. The number of benzene rings is 1. The van der Waals surface area contributed by atoms with Crippen LogP contribution in [0.15, 0.2) is 54.9 Å². The number of hydrogen-bond donors (Lipinski definition) is 0. The molecule has 1 aromatic carbocycles. The van der Waals surface area contributed by atoms with Gasteiger partial charge in [0.2, 0.25) is 5.91 Å². The van der Waals surface area contributed by atoms with Gasteiger partial charge in [-0.25, -0.2) is 0 Å². The minimum absolute atomic E-state index is 0.0113. The second-order valence-electron chi connectivity index (χ2n) is 6.96. The Morgan fingerprint density at radius 1 is 1.15 bits per heavy atom. The number of nitrogens with zero attached hydrogens (tertiary/aromatic N) is 2. The van der Waals surface area contributed by atoms with Gasteiger partial charge in [0.15, 0.2) is 0 Å². The van der Waals surface area contributed by atoms with Gasteiger partial charge in [-0.2, -0.15) is 0 Å². The monoisotopic (exact) mass is 352 g/mol. The lowest BCUT2D eigenvalue weighted by Gasteiger charge is -2.34. The molecule has 138 valence electrons. The minimum atomic E-state index is -0.0113. The maximum absolute atomic E-state index is 12.9. The summed E-state index contributed by atoms with van der Waals surface area (Å²) in [6, 6.07) is 13.9. The summed E-state index contributed by atoms with van der Waals surface area (Å²) in [7, 11) is 0. The van der Waals surface area contributed by atoms with E-state index in [9.17, 15) is 4.79 Å². The Bertz CT molecular complexity index is 667. The van der Waals surface area contributed by atoms with Crippen molar-refractivity contribution >= 4 is 5.91 Å². The molecular weight excluding hydrogens is 324 g/mol. The second kappa shape index (κ2) is 9.37. The summed E-state index contributed by atoms with van der Waals surface area (Å²) in [4.78, 5) is 19.0. The fourth-order valence-corrected chi connectivity index (χ4v) is 3.68. The summed E-state index contributed by atoms with van der Waals surface area (Å²) in [6.07, 6.45) is 7.52. The number of amides is 1. The number of piperidine rings is 1. The molecule has 1 amide bonds. The minimum Gasteiger partial charge on any atom is -0.493 e. The lowest BCUT2D eigenvalue weighted by Crippen LogP contribution is -2.41. The number of likely N-dealkylation sites (tertiary alicyclic amines) is 1. The van der Waals surface area contributed by atoms with Gasteiger partial charge in [0.25, 0.3) is 0 Å². The molecule has 0 saturated carbocycles. The molecule has 0 radical (unpaired) electrons. The normalized spacial score (nSPS) is 16.3. The Hall–Kier alpha value is -2.36. The first-order chi connectivity index (χ1) is 12.8. The van der Waals surface area contributed by atoms with Crippen LogP contribution < -0.4 is 4.74 Å². The molecule has 1 fully saturated rings. The van der Waals surface area contributed by atoms with E-state index in [4.69, 9.17) is 4.74 Å². The Morgan fingerprint density at radius 3 is 2.50 bits per heavy atom. The van der Waals surface area contributed by atoms with Gasteiger partial charge < -0.3 is 9.64 Å². The van der Waals surface area contributed by atoms with E-state index in [-0.39, 0.29) is 11.8 Å². The van der Waals surface area contributed by atoms with E-state index in [1.807, 2.05) is 30.3 Å². The molecular formula is C22H28N2O2. The molecule has 1 atom stereocenters. The molecule has 1 aromatic heterocycles. The number of pyridine rings is 1. The molecule has 4 heteroatoms. The highest BCUT2D eigenvalue weighted by Gasteiger charge is 2.28. The summed E-state index contributed by atoms with van der Waals surface area (Å²) >= 11 is 0. The standard InChI is InChI=1S/C22H28N2O2/c1-2-21(19-6-4-3-5-7-19)22(25)24-15-10-18(11-16-24)12-17-26-20-8-13-23-14-9-20/h3-9,13-14,18,21H,2,10-12,15-17H2,1H3. The highest BCUT2D eigenvalue weighted by molar-refractivity contribution is 5.83. The number of hydrogen-bond acceptors (Lipinski definition) is 3. The molecule has 0 spiro atoms. The molecule has 1 unspecified atom stereocenters. The van der Waals surface area contributed by atoms with Crippen molar-refractivity contribution in [3.63, 3.8) is 0 Å². The molecule has 1 aliphatic rings. The highest BCUT2D eigenvalue weighted by Crippen LogP contribution is 2.26. The van der Waals surface area contributed by atoms with Crippen molar-refractivity contribution in [2.45, 2.75) is 38.5 Å². The van der Waals surface area contributed by atoms with Crippen molar-refractivity contribution in [3.05, 3.63) is 60.4 Å². The van der Waals surface area contributed by atoms with E-state index < -0.39 is 0 Å². The van der Waals surface area contributed by atoms with Crippen LogP contribution in [0.3, 0.4) is 0 Å². The summed E-state index contributed by atoms with van der Waals surface area (Å²) in [5, 5.41) is 0. The van der Waals surface area contributed by atoms with Gasteiger partial charge >= 0.3 is 0 Å². The Morgan fingerprint density at radius 2 is 1.85 bits per heavy atom. The fourth-order valence-electron chi connectivity index (χ4n) is 3.68. The summed E-state index contributed by atoms with van der Waals surface area (Å²) in [6.45, 7) is 4.55. The summed E-state index contributed by atoms with van der Waals surface area (Å²) in [5.74, 6) is 1.78. The Balaban J connectivity index is 1.44. The van der Waals surface area contributed by atoms with Crippen LogP contribution in [0.4, 0.5) is 0 Å². The molecule has 0 N–H and O–H groups in total. The number of aromatic nitrogens is 1. The van der Waals surface area contributed by atoms with Crippen LogP contribution in [0.5, 0.6) is 5.75 Å². The van der Waals surface area contributed by atoms with E-state index in [0.717, 1.165) is 56.7 Å². The Kier molecular flexibility index (Phi) is 6.64. The summed E-state index contributed by atoms with van der Waals surface area (Å²) < 4.78 is 5.78. The zero-order chi connectivity index (χ0) is 18.2. The smallest absolute Gasteiger partial charge is 0.230 e. The lowest BCUT2D eigenvalue weighted by molar-refractivity contribution is -0.134. The average Bonchev–Trinajstić information content (AvgIpc) is 2.71. The van der Waals surface area contributed by atoms with Crippen LogP contribution in [0.2, 0.25) is 0 Å². The fraction of sp³-hybridized carbons (Fsp3) is 0.455. The maximum atomic E-state index is 12.9. The van der Waals surface area contributed by atoms with Crippen molar-refractivity contribution in [2.75, 3.05) is 19.7 Å². The van der Waals surface area contributed by atoms with Gasteiger partial charge in [-0.3, -0.25) is 9.78 Å². The maximum Gasteiger partial charge on any atom is 0.230 e. The van der Waals surface area contributed by atoms with Gasteiger partial charge in [-0.05, 0) is 49.3 Å². The molecule has 0 aliphatic carbocycles. The van der Waals surface area contributed by atoms with Gasteiger partial charge in [0.1, 0.15) is 5.75 Å². The number of carbonyl (C=O) groups is 1. The first kappa shape index (κ1) is 18.4. The molecule has 1 saturated heterocycles. The van der Waals surface area contributed by atoms with E-state index >= 15 is 0 Å². The largest absolute Gasteiger partial charge is 0.493 e. The van der Waals surface area contributed by atoms with Gasteiger partial charge in [-0.15, -0.1) is 0 Å². The van der Waals surface area contributed by atoms with Gasteiger partial charge in [0.05, 0.1) is 12.5 Å². The third-order valence-electron chi connectivity index (χ3n) is 5.28. The molecule has 26 heavy (non-hydrogen) atoms. The van der Waals surface area contributed by atoms with Crippen molar-refractivity contribution < 1.29 is 9.53 Å². The molecule has 2 heterocycles. The molecule has 1 aliphatic heterocycles. The molecule has 3 rings (SSSR count). The van der Waals surface area contributed by atoms with E-state index in [1.165, 1.54) is 0 Å². The SMILES string of the molecule is CCC(C(=O)N1CCC(CCOc2ccncc2)CC1)c1ccccc1.